The van der Waals surface area contributed by atoms with E-state index < -0.39 is 0 Å². The van der Waals surface area contributed by atoms with Gasteiger partial charge < -0.3 is 19.7 Å². The third kappa shape index (κ3) is 7.65. The van der Waals surface area contributed by atoms with Gasteiger partial charge in [0.2, 0.25) is 0 Å². The maximum atomic E-state index is 13.4. The number of urea groups is 1. The standard InChI is InChI=1S/C39H45ClN8O3S/c1-5-21-52-33-12-7-6-9-28(33)37-44-43-36-24-46(17-18-47(36)37)19-20-51-32-16-14-30(26-10-8-11-27(26)32)41-38(50)42-35-23-34(39(2,3)4)45-48(35)25-13-15-31(49)29(40)22-25/h6-7,9,12-16,22-23,49H,5,8,10-11,17-21,24H2,1-4H3,(H2,41,42,50). The molecule has 5 aromatic rings. The molecule has 0 saturated carbocycles. The summed E-state index contributed by atoms with van der Waals surface area (Å²) in [7, 11) is 0. The predicted molar refractivity (Wildman–Crippen MR) is 207 cm³/mol. The van der Waals surface area contributed by atoms with Crippen LogP contribution in [0.2, 0.25) is 5.02 Å². The van der Waals surface area contributed by atoms with Crippen LogP contribution in [-0.2, 0) is 31.3 Å². The molecular formula is C39H45ClN8O3S. The first-order valence-electron chi connectivity index (χ1n) is 17.9. The van der Waals surface area contributed by atoms with E-state index in [-0.39, 0.29) is 22.2 Å². The lowest BCUT2D eigenvalue weighted by Gasteiger charge is -2.28. The maximum Gasteiger partial charge on any atom is 0.324 e. The van der Waals surface area contributed by atoms with Gasteiger partial charge in [0.1, 0.15) is 29.7 Å². The molecule has 2 aromatic heterocycles. The van der Waals surface area contributed by atoms with Crippen molar-refractivity contribution in [3.63, 3.8) is 0 Å². The van der Waals surface area contributed by atoms with Crippen LogP contribution in [0.3, 0.4) is 0 Å². The van der Waals surface area contributed by atoms with E-state index in [9.17, 15) is 9.90 Å². The van der Waals surface area contributed by atoms with E-state index in [2.05, 4.69) is 82.3 Å². The van der Waals surface area contributed by atoms with Crippen molar-refractivity contribution in [1.82, 2.24) is 29.4 Å². The molecule has 11 nitrogen and oxygen atoms in total. The van der Waals surface area contributed by atoms with Crippen molar-refractivity contribution in [2.45, 2.75) is 76.8 Å². The van der Waals surface area contributed by atoms with Crippen molar-refractivity contribution in [2.24, 2.45) is 0 Å². The molecule has 0 radical (unpaired) electrons. The molecule has 0 unspecified atom stereocenters. The number of nitrogens with zero attached hydrogens (tertiary/aromatic N) is 6. The number of hydrogen-bond donors (Lipinski definition) is 3. The van der Waals surface area contributed by atoms with E-state index in [1.54, 1.807) is 16.8 Å². The van der Waals surface area contributed by atoms with Gasteiger partial charge >= 0.3 is 6.03 Å². The van der Waals surface area contributed by atoms with E-state index >= 15 is 0 Å². The number of phenols is 1. The summed E-state index contributed by atoms with van der Waals surface area (Å²) in [6.45, 7) is 12.2. The van der Waals surface area contributed by atoms with Crippen molar-refractivity contribution in [3.05, 3.63) is 88.3 Å². The number of ether oxygens (including phenoxy) is 1. The minimum absolute atomic E-state index is 0.0211. The number of carbonyl (C=O) groups is 1. The second-order valence-corrected chi connectivity index (χ2v) is 15.8. The monoisotopic (exact) mass is 740 g/mol. The molecule has 0 atom stereocenters. The third-order valence-electron chi connectivity index (χ3n) is 9.47. The number of phenolic OH excluding ortho intramolecular Hbond substituents is 1. The molecule has 3 aromatic carbocycles. The molecule has 13 heteroatoms. The Bertz CT molecular complexity index is 2090. The van der Waals surface area contributed by atoms with Crippen LogP contribution in [0.1, 0.15) is 63.2 Å². The Balaban J connectivity index is 0.987. The minimum atomic E-state index is -0.376. The topological polar surface area (TPSA) is 122 Å². The molecule has 1 aliphatic heterocycles. The number of aromatic nitrogens is 5. The Morgan fingerprint density at radius 2 is 1.85 bits per heavy atom. The molecule has 3 N–H and O–H groups in total. The zero-order valence-electron chi connectivity index (χ0n) is 30.1. The first-order valence-corrected chi connectivity index (χ1v) is 19.3. The molecule has 0 saturated heterocycles. The van der Waals surface area contributed by atoms with Crippen LogP contribution in [0.4, 0.5) is 16.3 Å². The molecule has 7 rings (SSSR count). The van der Waals surface area contributed by atoms with Crippen LogP contribution < -0.4 is 15.4 Å². The van der Waals surface area contributed by atoms with Crippen molar-refractivity contribution < 1.29 is 14.6 Å². The van der Waals surface area contributed by atoms with E-state index in [1.165, 1.54) is 11.0 Å². The Morgan fingerprint density at radius 1 is 1.02 bits per heavy atom. The number of benzene rings is 3. The summed E-state index contributed by atoms with van der Waals surface area (Å²) in [4.78, 5) is 17.0. The first-order chi connectivity index (χ1) is 25.1. The number of aromatic hydroxyl groups is 1. The van der Waals surface area contributed by atoms with Crippen LogP contribution in [0.5, 0.6) is 11.5 Å². The number of amides is 2. The van der Waals surface area contributed by atoms with Gasteiger partial charge in [0.05, 0.1) is 22.9 Å². The second-order valence-electron chi connectivity index (χ2n) is 14.3. The quantitative estimate of drug-likeness (QED) is 0.116. The molecular weight excluding hydrogens is 696 g/mol. The van der Waals surface area contributed by atoms with Gasteiger partial charge in [-0.25, -0.2) is 9.48 Å². The van der Waals surface area contributed by atoms with Crippen LogP contribution in [0.15, 0.2) is 65.6 Å². The lowest BCUT2D eigenvalue weighted by atomic mass is 9.92. The van der Waals surface area contributed by atoms with Crippen LogP contribution in [-0.4, -0.2) is 66.0 Å². The highest BCUT2D eigenvalue weighted by molar-refractivity contribution is 7.99. The van der Waals surface area contributed by atoms with Gasteiger partial charge in [-0.05, 0) is 79.0 Å². The van der Waals surface area contributed by atoms with E-state index in [4.69, 9.17) is 21.4 Å². The number of anilines is 2. The number of hydrogen-bond acceptors (Lipinski definition) is 8. The van der Waals surface area contributed by atoms with E-state index in [0.29, 0.717) is 18.1 Å². The highest BCUT2D eigenvalue weighted by Crippen LogP contribution is 2.37. The summed E-state index contributed by atoms with van der Waals surface area (Å²) in [5.74, 6) is 4.35. The number of halogens is 1. The van der Waals surface area contributed by atoms with Crippen LogP contribution in [0.25, 0.3) is 17.1 Å². The average molecular weight is 741 g/mol. The second kappa shape index (κ2) is 15.2. The number of rotatable bonds is 11. The summed E-state index contributed by atoms with van der Waals surface area (Å²) in [5.41, 5.74) is 5.35. The zero-order valence-corrected chi connectivity index (χ0v) is 31.7. The van der Waals surface area contributed by atoms with Crippen LogP contribution >= 0.6 is 23.4 Å². The molecule has 0 fully saturated rings. The number of nitrogens with one attached hydrogen (secondary N) is 2. The lowest BCUT2D eigenvalue weighted by molar-refractivity contribution is 0.174. The highest BCUT2D eigenvalue weighted by Gasteiger charge is 2.26. The van der Waals surface area contributed by atoms with Gasteiger partial charge in [0.25, 0.3) is 0 Å². The molecule has 1 aliphatic carbocycles. The number of thioether (sulfide) groups is 1. The van der Waals surface area contributed by atoms with Gasteiger partial charge in [-0.3, -0.25) is 10.2 Å². The summed E-state index contributed by atoms with van der Waals surface area (Å²) >= 11 is 8.08. The fraction of sp³-hybridized carbons (Fsp3) is 0.385. The van der Waals surface area contributed by atoms with Crippen LogP contribution in [0, 0.1) is 0 Å². The van der Waals surface area contributed by atoms with E-state index in [0.717, 1.165) is 103 Å². The summed E-state index contributed by atoms with van der Waals surface area (Å²) < 4.78 is 10.3. The molecule has 0 spiro atoms. The third-order valence-corrected chi connectivity index (χ3v) is 11.1. The highest BCUT2D eigenvalue weighted by atomic mass is 35.5. The molecule has 52 heavy (non-hydrogen) atoms. The summed E-state index contributed by atoms with van der Waals surface area (Å²) in [6.07, 6.45) is 3.89. The Kier molecular flexibility index (Phi) is 10.5. The average Bonchev–Trinajstić information content (AvgIpc) is 3.89. The van der Waals surface area contributed by atoms with Gasteiger partial charge in [-0.15, -0.1) is 22.0 Å². The fourth-order valence-electron chi connectivity index (χ4n) is 6.73. The molecule has 2 amide bonds. The summed E-state index contributed by atoms with van der Waals surface area (Å²) in [6, 6.07) is 18.7. The Labute approximate surface area is 313 Å². The van der Waals surface area contributed by atoms with Crippen molar-refractivity contribution >= 4 is 40.9 Å². The largest absolute Gasteiger partial charge is 0.506 e. The first kappa shape index (κ1) is 35.9. The van der Waals surface area contributed by atoms with E-state index in [1.807, 2.05) is 30.0 Å². The van der Waals surface area contributed by atoms with Crippen molar-refractivity contribution in [3.8, 4) is 28.6 Å². The maximum absolute atomic E-state index is 13.4. The van der Waals surface area contributed by atoms with Gasteiger partial charge in [-0.1, -0.05) is 57.5 Å². The van der Waals surface area contributed by atoms with Gasteiger partial charge in [0.15, 0.2) is 5.82 Å². The number of carbonyl (C=O) groups excluding carboxylic acids is 1. The van der Waals surface area contributed by atoms with Gasteiger partial charge in [0, 0.05) is 47.3 Å². The lowest BCUT2D eigenvalue weighted by Crippen LogP contribution is -2.36. The molecule has 3 heterocycles. The Hall–Kier alpha value is -4.52. The SMILES string of the molecule is CCCSc1ccccc1-c1nnc2n1CCN(CCOc1ccc(NC(=O)Nc3cc(C(C)(C)C)nn3-c3ccc(O)c(Cl)c3)c3c1CCC3)C2. The molecule has 0 bridgehead atoms. The smallest absolute Gasteiger partial charge is 0.324 e. The zero-order chi connectivity index (χ0) is 36.4. The summed E-state index contributed by atoms with van der Waals surface area (Å²) in [5, 5.41) is 30.1. The molecule has 272 valence electrons. The minimum Gasteiger partial charge on any atom is -0.506 e. The number of fused-ring (bicyclic) bond motifs is 2. The van der Waals surface area contributed by atoms with Crippen molar-refractivity contribution in [2.75, 3.05) is 36.1 Å². The predicted octanol–water partition coefficient (Wildman–Crippen LogP) is 8.32. The molecule has 2 aliphatic rings. The fourth-order valence-corrected chi connectivity index (χ4v) is 7.82. The normalized spacial score (nSPS) is 14.2. The van der Waals surface area contributed by atoms with Crippen molar-refractivity contribution in [1.29, 1.82) is 0 Å². The van der Waals surface area contributed by atoms with Gasteiger partial charge in [-0.2, -0.15) is 5.10 Å². The Morgan fingerprint density at radius 3 is 2.65 bits per heavy atom.